The molecule has 0 aliphatic heterocycles. The van der Waals surface area contributed by atoms with Gasteiger partial charge < -0.3 is 9.47 Å². The van der Waals surface area contributed by atoms with Crippen molar-refractivity contribution in [3.05, 3.63) is 12.3 Å². The van der Waals surface area contributed by atoms with Gasteiger partial charge in [-0.1, -0.05) is 0 Å². The molecule has 3 nitrogen and oxygen atoms in total. The number of hydrogen-bond acceptors (Lipinski definition) is 3. The summed E-state index contributed by atoms with van der Waals surface area (Å²) in [5.74, 6) is -0.376. The van der Waals surface area contributed by atoms with Gasteiger partial charge in [-0.05, 0) is 6.92 Å². The van der Waals surface area contributed by atoms with Crippen LogP contribution in [-0.4, -0.2) is 19.7 Å². The molecule has 0 saturated heterocycles. The monoisotopic (exact) mass is 130 g/mol. The lowest BCUT2D eigenvalue weighted by molar-refractivity contribution is -0.137. The van der Waals surface area contributed by atoms with Crippen molar-refractivity contribution in [3.8, 4) is 0 Å². The fourth-order valence-electron chi connectivity index (χ4n) is 0.314. The highest BCUT2D eigenvalue weighted by atomic mass is 16.5. The Morgan fingerprint density at radius 1 is 1.67 bits per heavy atom. The lowest BCUT2D eigenvalue weighted by atomic mass is 10.6. The molecule has 0 amide bonds. The van der Waals surface area contributed by atoms with Crippen molar-refractivity contribution in [1.29, 1.82) is 0 Å². The molecule has 0 saturated carbocycles. The maximum atomic E-state index is 10.4. The molecular weight excluding hydrogens is 120 g/mol. The molecule has 0 fully saturated rings. The quantitative estimate of drug-likeness (QED) is 0.320. The Labute approximate surface area is 54.3 Å². The minimum atomic E-state index is -0.376. The Morgan fingerprint density at radius 3 is 2.78 bits per heavy atom. The molecule has 0 unspecified atom stereocenters. The second kappa shape index (κ2) is 5.15. The number of esters is 1. The number of carbonyl (C=O) groups is 1. The largest absolute Gasteiger partial charge is 0.504 e. The SMILES string of the molecule is CCOC(=O)/C=C\OC. The summed E-state index contributed by atoms with van der Waals surface area (Å²) < 4.78 is 9.02. The third kappa shape index (κ3) is 4.87. The van der Waals surface area contributed by atoms with Gasteiger partial charge in [0.05, 0.1) is 26.1 Å². The summed E-state index contributed by atoms with van der Waals surface area (Å²) in [6, 6.07) is 0. The molecule has 0 rings (SSSR count). The van der Waals surface area contributed by atoms with Crippen LogP contribution in [0.5, 0.6) is 0 Å². The number of hydrogen-bond donors (Lipinski definition) is 0. The molecule has 0 aromatic rings. The zero-order valence-corrected chi connectivity index (χ0v) is 5.59. The Bertz CT molecular complexity index is 107. The van der Waals surface area contributed by atoms with Gasteiger partial charge in [0.1, 0.15) is 0 Å². The van der Waals surface area contributed by atoms with Crippen molar-refractivity contribution >= 4 is 5.97 Å². The first-order chi connectivity index (χ1) is 4.31. The first-order valence-electron chi connectivity index (χ1n) is 2.67. The van der Waals surface area contributed by atoms with Gasteiger partial charge in [-0.3, -0.25) is 0 Å². The van der Waals surface area contributed by atoms with Crippen LogP contribution in [0.4, 0.5) is 0 Å². The van der Waals surface area contributed by atoms with Crippen molar-refractivity contribution in [2.24, 2.45) is 0 Å². The van der Waals surface area contributed by atoms with Crippen LogP contribution in [0.1, 0.15) is 6.92 Å². The second-order valence-electron chi connectivity index (χ2n) is 1.29. The lowest BCUT2D eigenvalue weighted by Gasteiger charge is -1.92. The van der Waals surface area contributed by atoms with Crippen LogP contribution in [0.2, 0.25) is 0 Å². The Balaban J connectivity index is 3.37. The highest BCUT2D eigenvalue weighted by molar-refractivity contribution is 5.81. The van der Waals surface area contributed by atoms with Crippen LogP contribution in [0.25, 0.3) is 0 Å². The standard InChI is InChI=1S/C6H10O3/c1-3-9-6(7)4-5-8-2/h4-5H,3H2,1-2H3/b5-4-. The van der Waals surface area contributed by atoms with E-state index in [9.17, 15) is 4.79 Å². The van der Waals surface area contributed by atoms with Crippen LogP contribution in [0.3, 0.4) is 0 Å². The number of ether oxygens (including phenoxy) is 2. The third-order valence-corrected chi connectivity index (χ3v) is 0.627. The van der Waals surface area contributed by atoms with E-state index in [-0.39, 0.29) is 5.97 Å². The van der Waals surface area contributed by atoms with Crippen molar-refractivity contribution < 1.29 is 14.3 Å². The highest BCUT2D eigenvalue weighted by Crippen LogP contribution is 1.79. The molecule has 0 heterocycles. The molecular formula is C6H10O3. The van der Waals surface area contributed by atoms with Crippen molar-refractivity contribution in [2.45, 2.75) is 6.92 Å². The van der Waals surface area contributed by atoms with E-state index in [1.807, 2.05) is 0 Å². The average Bonchev–Trinajstić information content (AvgIpc) is 1.85. The summed E-state index contributed by atoms with van der Waals surface area (Å²) in [4.78, 5) is 10.4. The van der Waals surface area contributed by atoms with Crippen LogP contribution < -0.4 is 0 Å². The van der Waals surface area contributed by atoms with Crippen molar-refractivity contribution in [3.63, 3.8) is 0 Å². The number of carbonyl (C=O) groups excluding carboxylic acids is 1. The summed E-state index contributed by atoms with van der Waals surface area (Å²) in [5, 5.41) is 0. The van der Waals surface area contributed by atoms with Gasteiger partial charge in [-0.25, -0.2) is 4.79 Å². The first kappa shape index (κ1) is 8.01. The third-order valence-electron chi connectivity index (χ3n) is 0.627. The number of rotatable bonds is 3. The van der Waals surface area contributed by atoms with Gasteiger partial charge in [0.25, 0.3) is 0 Å². The van der Waals surface area contributed by atoms with E-state index >= 15 is 0 Å². The Kier molecular flexibility index (Phi) is 4.59. The molecule has 0 N–H and O–H groups in total. The van der Waals surface area contributed by atoms with E-state index in [0.29, 0.717) is 6.61 Å². The van der Waals surface area contributed by atoms with Crippen molar-refractivity contribution in [1.82, 2.24) is 0 Å². The summed E-state index contributed by atoms with van der Waals surface area (Å²) >= 11 is 0. The molecule has 0 aliphatic rings. The summed E-state index contributed by atoms with van der Waals surface area (Å²) in [7, 11) is 1.47. The predicted molar refractivity (Wildman–Crippen MR) is 32.8 cm³/mol. The molecule has 9 heavy (non-hydrogen) atoms. The Morgan fingerprint density at radius 2 is 2.33 bits per heavy atom. The molecule has 0 atom stereocenters. The molecule has 0 radical (unpaired) electrons. The summed E-state index contributed by atoms with van der Waals surface area (Å²) in [6.45, 7) is 2.14. The summed E-state index contributed by atoms with van der Waals surface area (Å²) in [5.41, 5.74) is 0. The Hall–Kier alpha value is -0.990. The lowest BCUT2D eigenvalue weighted by Crippen LogP contribution is -1.98. The van der Waals surface area contributed by atoms with E-state index in [1.165, 1.54) is 19.4 Å². The smallest absolute Gasteiger partial charge is 0.333 e. The van der Waals surface area contributed by atoms with Crippen LogP contribution >= 0.6 is 0 Å². The fraction of sp³-hybridized carbons (Fsp3) is 0.500. The minimum absolute atomic E-state index is 0.376. The van der Waals surface area contributed by atoms with E-state index < -0.39 is 0 Å². The highest BCUT2D eigenvalue weighted by Gasteiger charge is 1.90. The zero-order chi connectivity index (χ0) is 7.11. The van der Waals surface area contributed by atoms with Crippen LogP contribution in [-0.2, 0) is 14.3 Å². The van der Waals surface area contributed by atoms with Gasteiger partial charge >= 0.3 is 5.97 Å². The maximum Gasteiger partial charge on any atom is 0.333 e. The maximum absolute atomic E-state index is 10.4. The van der Waals surface area contributed by atoms with Crippen LogP contribution in [0, 0.1) is 0 Å². The van der Waals surface area contributed by atoms with E-state index in [0.717, 1.165) is 0 Å². The topological polar surface area (TPSA) is 35.5 Å². The van der Waals surface area contributed by atoms with E-state index in [1.54, 1.807) is 6.92 Å². The molecule has 0 aromatic heterocycles. The minimum Gasteiger partial charge on any atom is -0.504 e. The zero-order valence-electron chi connectivity index (χ0n) is 5.59. The van der Waals surface area contributed by atoms with Crippen molar-refractivity contribution in [2.75, 3.05) is 13.7 Å². The summed E-state index contributed by atoms with van der Waals surface area (Å²) in [6.07, 6.45) is 2.50. The van der Waals surface area contributed by atoms with Gasteiger partial charge in [0, 0.05) is 0 Å². The first-order valence-corrected chi connectivity index (χ1v) is 2.67. The molecule has 0 spiro atoms. The molecule has 0 aromatic carbocycles. The van der Waals surface area contributed by atoms with Gasteiger partial charge in [-0.2, -0.15) is 0 Å². The van der Waals surface area contributed by atoms with E-state index in [4.69, 9.17) is 0 Å². The van der Waals surface area contributed by atoms with Crippen LogP contribution in [0.15, 0.2) is 12.3 Å². The molecule has 3 heteroatoms. The number of methoxy groups -OCH3 is 1. The van der Waals surface area contributed by atoms with E-state index in [2.05, 4.69) is 9.47 Å². The average molecular weight is 130 g/mol. The molecule has 52 valence electrons. The van der Waals surface area contributed by atoms with Gasteiger partial charge in [0.2, 0.25) is 0 Å². The van der Waals surface area contributed by atoms with Gasteiger partial charge in [-0.15, -0.1) is 0 Å². The second-order valence-corrected chi connectivity index (χ2v) is 1.29. The molecule has 0 bridgehead atoms. The fourth-order valence-corrected chi connectivity index (χ4v) is 0.314. The van der Waals surface area contributed by atoms with Gasteiger partial charge in [0.15, 0.2) is 0 Å². The predicted octanol–water partition coefficient (Wildman–Crippen LogP) is 0.710. The normalized spacial score (nSPS) is 9.56. The molecule has 0 aliphatic carbocycles.